The zero-order valence-electron chi connectivity index (χ0n) is 8.07. The summed E-state index contributed by atoms with van der Waals surface area (Å²) < 4.78 is 9.48. The standard InChI is InChI=1S/C9H14O4/c1-4-12-9(11)5-6-13-8(3)7(2)10/h5-6,8H,4H2,1-3H3. The lowest BCUT2D eigenvalue weighted by atomic mass is 10.3. The number of Topliss-reactive ketones (excluding diaryl/α,β-unsaturated/α-hetero) is 1. The van der Waals surface area contributed by atoms with E-state index in [-0.39, 0.29) is 5.78 Å². The summed E-state index contributed by atoms with van der Waals surface area (Å²) in [7, 11) is 0. The molecule has 0 bridgehead atoms. The average Bonchev–Trinajstić information content (AvgIpc) is 2.04. The van der Waals surface area contributed by atoms with Gasteiger partial charge in [-0.3, -0.25) is 4.79 Å². The second kappa shape index (κ2) is 6.22. The van der Waals surface area contributed by atoms with Crippen LogP contribution in [0.4, 0.5) is 0 Å². The van der Waals surface area contributed by atoms with Crippen molar-refractivity contribution in [3.63, 3.8) is 0 Å². The summed E-state index contributed by atoms with van der Waals surface area (Å²) in [6.45, 7) is 5.07. The van der Waals surface area contributed by atoms with Crippen LogP contribution in [-0.2, 0) is 19.1 Å². The molecule has 1 atom stereocenters. The Morgan fingerprint density at radius 2 is 2.08 bits per heavy atom. The van der Waals surface area contributed by atoms with Gasteiger partial charge in [0.15, 0.2) is 11.9 Å². The molecule has 0 radical (unpaired) electrons. The molecule has 0 N–H and O–H groups in total. The van der Waals surface area contributed by atoms with Gasteiger partial charge in [0.2, 0.25) is 0 Å². The molecule has 0 aliphatic carbocycles. The van der Waals surface area contributed by atoms with Crippen LogP contribution in [0.3, 0.4) is 0 Å². The van der Waals surface area contributed by atoms with Gasteiger partial charge in [-0.1, -0.05) is 0 Å². The molecule has 74 valence electrons. The Morgan fingerprint density at radius 1 is 1.46 bits per heavy atom. The van der Waals surface area contributed by atoms with Crippen molar-refractivity contribution >= 4 is 11.8 Å². The van der Waals surface area contributed by atoms with Gasteiger partial charge >= 0.3 is 5.97 Å². The van der Waals surface area contributed by atoms with Gasteiger partial charge < -0.3 is 9.47 Å². The fourth-order valence-corrected chi connectivity index (χ4v) is 0.499. The van der Waals surface area contributed by atoms with Gasteiger partial charge in [0.05, 0.1) is 18.9 Å². The number of rotatable bonds is 5. The van der Waals surface area contributed by atoms with Gasteiger partial charge in [0.25, 0.3) is 0 Å². The van der Waals surface area contributed by atoms with E-state index in [0.29, 0.717) is 6.61 Å². The summed E-state index contributed by atoms with van der Waals surface area (Å²) in [4.78, 5) is 21.4. The highest BCUT2D eigenvalue weighted by Gasteiger charge is 2.05. The lowest BCUT2D eigenvalue weighted by Crippen LogP contribution is -2.14. The first kappa shape index (κ1) is 11.7. The van der Waals surface area contributed by atoms with Crippen molar-refractivity contribution in [2.75, 3.05) is 6.61 Å². The quantitative estimate of drug-likeness (QED) is 0.366. The number of carbonyl (C=O) groups excluding carboxylic acids is 2. The molecule has 0 aromatic rings. The van der Waals surface area contributed by atoms with Crippen molar-refractivity contribution in [2.24, 2.45) is 0 Å². The van der Waals surface area contributed by atoms with E-state index in [9.17, 15) is 9.59 Å². The largest absolute Gasteiger partial charge is 0.490 e. The fraction of sp³-hybridized carbons (Fsp3) is 0.556. The van der Waals surface area contributed by atoms with Crippen LogP contribution in [0.5, 0.6) is 0 Å². The van der Waals surface area contributed by atoms with Crippen LogP contribution in [0.1, 0.15) is 20.8 Å². The lowest BCUT2D eigenvalue weighted by molar-refractivity contribution is -0.137. The Kier molecular flexibility index (Phi) is 5.59. The van der Waals surface area contributed by atoms with Gasteiger partial charge in [-0.2, -0.15) is 0 Å². The summed E-state index contributed by atoms with van der Waals surface area (Å²) >= 11 is 0. The predicted molar refractivity (Wildman–Crippen MR) is 47.0 cm³/mol. The Morgan fingerprint density at radius 3 is 2.54 bits per heavy atom. The van der Waals surface area contributed by atoms with E-state index < -0.39 is 12.1 Å². The molecular weight excluding hydrogens is 172 g/mol. The van der Waals surface area contributed by atoms with Crippen LogP contribution < -0.4 is 0 Å². The highest BCUT2D eigenvalue weighted by molar-refractivity contribution is 5.82. The molecule has 0 saturated carbocycles. The molecular formula is C9H14O4. The van der Waals surface area contributed by atoms with E-state index in [1.54, 1.807) is 13.8 Å². The summed E-state index contributed by atoms with van der Waals surface area (Å²) in [5.74, 6) is -0.563. The van der Waals surface area contributed by atoms with Crippen molar-refractivity contribution in [1.29, 1.82) is 0 Å². The second-order valence-electron chi connectivity index (χ2n) is 2.44. The van der Waals surface area contributed by atoms with Crippen LogP contribution in [0.15, 0.2) is 12.3 Å². The molecule has 0 amide bonds. The van der Waals surface area contributed by atoms with Gasteiger partial charge in [-0.05, 0) is 20.8 Å². The van der Waals surface area contributed by atoms with E-state index in [0.717, 1.165) is 6.08 Å². The molecule has 4 heteroatoms. The van der Waals surface area contributed by atoms with Crippen molar-refractivity contribution in [3.8, 4) is 0 Å². The highest BCUT2D eigenvalue weighted by Crippen LogP contribution is 1.93. The Balaban J connectivity index is 3.74. The van der Waals surface area contributed by atoms with E-state index >= 15 is 0 Å². The van der Waals surface area contributed by atoms with Crippen molar-refractivity contribution in [2.45, 2.75) is 26.9 Å². The van der Waals surface area contributed by atoms with E-state index in [1.807, 2.05) is 0 Å². The number of ether oxygens (including phenoxy) is 2. The molecule has 13 heavy (non-hydrogen) atoms. The normalized spacial score (nSPS) is 12.5. The predicted octanol–water partition coefficient (Wildman–Crippen LogP) is 1.06. The summed E-state index contributed by atoms with van der Waals surface area (Å²) in [5.41, 5.74) is 0. The average molecular weight is 186 g/mol. The number of ketones is 1. The van der Waals surface area contributed by atoms with Gasteiger partial charge in [-0.15, -0.1) is 0 Å². The van der Waals surface area contributed by atoms with Crippen molar-refractivity contribution in [1.82, 2.24) is 0 Å². The van der Waals surface area contributed by atoms with Crippen LogP contribution in [0, 0.1) is 0 Å². The maximum absolute atomic E-state index is 10.7. The van der Waals surface area contributed by atoms with Gasteiger partial charge in [0, 0.05) is 0 Å². The Bertz CT molecular complexity index is 208. The number of esters is 1. The number of hydrogen-bond acceptors (Lipinski definition) is 4. The molecule has 0 saturated heterocycles. The minimum Gasteiger partial charge on any atom is -0.490 e. The van der Waals surface area contributed by atoms with Gasteiger partial charge in [0.1, 0.15) is 0 Å². The van der Waals surface area contributed by atoms with Crippen molar-refractivity contribution < 1.29 is 19.1 Å². The smallest absolute Gasteiger partial charge is 0.333 e. The third-order valence-electron chi connectivity index (χ3n) is 1.35. The van der Waals surface area contributed by atoms with Crippen LogP contribution >= 0.6 is 0 Å². The summed E-state index contributed by atoms with van der Waals surface area (Å²) in [6.07, 6.45) is 1.79. The third kappa shape index (κ3) is 5.90. The van der Waals surface area contributed by atoms with E-state index in [4.69, 9.17) is 4.74 Å². The molecule has 0 aromatic carbocycles. The first-order valence-electron chi connectivity index (χ1n) is 4.07. The summed E-state index contributed by atoms with van der Waals surface area (Å²) in [6, 6.07) is 0. The molecule has 1 unspecified atom stereocenters. The molecule has 4 nitrogen and oxygen atoms in total. The first-order valence-corrected chi connectivity index (χ1v) is 4.07. The van der Waals surface area contributed by atoms with E-state index in [2.05, 4.69) is 4.74 Å². The second-order valence-corrected chi connectivity index (χ2v) is 2.44. The first-order chi connectivity index (χ1) is 6.07. The number of carbonyl (C=O) groups is 2. The third-order valence-corrected chi connectivity index (χ3v) is 1.35. The molecule has 0 aromatic heterocycles. The SMILES string of the molecule is CCOC(=O)C=COC(C)C(C)=O. The van der Waals surface area contributed by atoms with Crippen molar-refractivity contribution in [3.05, 3.63) is 12.3 Å². The summed E-state index contributed by atoms with van der Waals surface area (Å²) in [5, 5.41) is 0. The molecule has 0 rings (SSSR count). The minimum atomic E-state index is -0.523. The highest BCUT2D eigenvalue weighted by atomic mass is 16.5. The molecule has 0 heterocycles. The maximum atomic E-state index is 10.7. The van der Waals surface area contributed by atoms with Crippen LogP contribution in [0.2, 0.25) is 0 Å². The van der Waals surface area contributed by atoms with Crippen LogP contribution in [0.25, 0.3) is 0 Å². The fourth-order valence-electron chi connectivity index (χ4n) is 0.499. The van der Waals surface area contributed by atoms with E-state index in [1.165, 1.54) is 13.2 Å². The molecule has 0 aliphatic heterocycles. The zero-order valence-corrected chi connectivity index (χ0v) is 8.07. The minimum absolute atomic E-state index is 0.0893. The molecule has 0 aliphatic rings. The molecule has 0 fully saturated rings. The zero-order chi connectivity index (χ0) is 10.3. The maximum Gasteiger partial charge on any atom is 0.333 e. The Hall–Kier alpha value is -1.32. The van der Waals surface area contributed by atoms with Crippen LogP contribution in [-0.4, -0.2) is 24.5 Å². The molecule has 0 spiro atoms. The lowest BCUT2D eigenvalue weighted by Gasteiger charge is -2.05. The Labute approximate surface area is 77.5 Å². The number of hydrogen-bond donors (Lipinski definition) is 0. The topological polar surface area (TPSA) is 52.6 Å². The monoisotopic (exact) mass is 186 g/mol. The van der Waals surface area contributed by atoms with Gasteiger partial charge in [-0.25, -0.2) is 4.79 Å².